The summed E-state index contributed by atoms with van der Waals surface area (Å²) >= 11 is 0. The molecule has 0 saturated carbocycles. The molecule has 1 fully saturated rings. The Balaban J connectivity index is 1.97. The van der Waals surface area contributed by atoms with Gasteiger partial charge in [0.25, 0.3) is 11.7 Å². The van der Waals surface area contributed by atoms with Gasteiger partial charge in [-0.3, -0.25) is 14.5 Å². The third-order valence-electron chi connectivity index (χ3n) is 5.92. The van der Waals surface area contributed by atoms with Crippen molar-refractivity contribution in [2.75, 3.05) is 4.90 Å². The molecule has 2 heterocycles. The summed E-state index contributed by atoms with van der Waals surface area (Å²) in [5, 5.41) is 11.4. The van der Waals surface area contributed by atoms with Crippen LogP contribution in [-0.4, -0.2) is 16.8 Å². The van der Waals surface area contributed by atoms with Gasteiger partial charge in [0, 0.05) is 11.3 Å². The first-order chi connectivity index (χ1) is 15.5. The molecule has 2 aromatic carbocycles. The van der Waals surface area contributed by atoms with Crippen molar-refractivity contribution in [3.63, 3.8) is 0 Å². The van der Waals surface area contributed by atoms with Gasteiger partial charge in [-0.05, 0) is 66.8 Å². The molecule has 0 radical (unpaired) electrons. The zero-order chi connectivity index (χ0) is 24.1. The van der Waals surface area contributed by atoms with Crippen LogP contribution in [0.3, 0.4) is 0 Å². The zero-order valence-corrected chi connectivity index (χ0v) is 19.3. The topological polar surface area (TPSA) is 70.8 Å². The van der Waals surface area contributed by atoms with E-state index >= 15 is 0 Å². The molecule has 170 valence electrons. The number of aryl methyl sites for hydroxylation is 2. The van der Waals surface area contributed by atoms with Crippen molar-refractivity contribution in [2.45, 2.75) is 46.1 Å². The Morgan fingerprint density at radius 1 is 1.03 bits per heavy atom. The van der Waals surface area contributed by atoms with Crippen molar-refractivity contribution < 1.29 is 23.5 Å². The molecule has 33 heavy (non-hydrogen) atoms. The SMILES string of the molecule is Cc1ccc(C2/C(=C(\O)c3cc(C(C)(C)C)ccc3C)C(=O)C(=O)N2c2cccc(F)c2)o1. The normalized spacial score (nSPS) is 18.2. The number of ketones is 1. The lowest BCUT2D eigenvalue weighted by molar-refractivity contribution is -0.132. The lowest BCUT2D eigenvalue weighted by Gasteiger charge is -2.24. The van der Waals surface area contributed by atoms with E-state index < -0.39 is 23.5 Å². The van der Waals surface area contributed by atoms with Crippen LogP contribution >= 0.6 is 0 Å². The molecule has 3 aromatic rings. The molecule has 6 heteroatoms. The Bertz CT molecular complexity index is 1300. The monoisotopic (exact) mass is 447 g/mol. The number of nitrogens with zero attached hydrogens (tertiary/aromatic N) is 1. The molecule has 1 aromatic heterocycles. The summed E-state index contributed by atoms with van der Waals surface area (Å²) in [5.74, 6) is -1.64. The highest BCUT2D eigenvalue weighted by atomic mass is 19.1. The van der Waals surface area contributed by atoms with E-state index in [9.17, 15) is 19.1 Å². The molecule has 1 amide bonds. The first kappa shape index (κ1) is 22.5. The summed E-state index contributed by atoms with van der Waals surface area (Å²) in [4.78, 5) is 27.5. The van der Waals surface area contributed by atoms with Crippen molar-refractivity contribution in [1.29, 1.82) is 0 Å². The molecule has 1 saturated heterocycles. The van der Waals surface area contributed by atoms with E-state index in [-0.39, 0.29) is 22.4 Å². The van der Waals surface area contributed by atoms with Crippen LogP contribution in [0.5, 0.6) is 0 Å². The van der Waals surface area contributed by atoms with Gasteiger partial charge in [0.1, 0.15) is 29.1 Å². The molecule has 1 N–H and O–H groups in total. The Morgan fingerprint density at radius 3 is 2.36 bits per heavy atom. The van der Waals surface area contributed by atoms with E-state index in [0.717, 1.165) is 11.1 Å². The fraction of sp³-hybridized carbons (Fsp3) is 0.259. The molecule has 0 aliphatic carbocycles. The standard InChI is InChI=1S/C27H26FNO4/c1-15-9-11-17(27(3,4)5)13-20(15)24(30)22-23(21-12-10-16(2)33-21)29(26(32)25(22)31)19-8-6-7-18(28)14-19/h6-14,23,30H,1-5H3/b24-22+. The third kappa shape index (κ3) is 3.97. The molecular formula is C27H26FNO4. The van der Waals surface area contributed by atoms with Crippen molar-refractivity contribution in [2.24, 2.45) is 0 Å². The third-order valence-corrected chi connectivity index (χ3v) is 5.92. The fourth-order valence-corrected chi connectivity index (χ4v) is 4.08. The number of halogens is 1. The van der Waals surface area contributed by atoms with Crippen LogP contribution < -0.4 is 4.90 Å². The predicted octanol–water partition coefficient (Wildman–Crippen LogP) is 5.96. The van der Waals surface area contributed by atoms with Gasteiger partial charge in [-0.15, -0.1) is 0 Å². The van der Waals surface area contributed by atoms with Crippen LogP contribution in [-0.2, 0) is 15.0 Å². The second-order valence-corrected chi connectivity index (χ2v) is 9.38. The minimum Gasteiger partial charge on any atom is -0.507 e. The second-order valence-electron chi connectivity index (χ2n) is 9.38. The molecule has 0 bridgehead atoms. The summed E-state index contributed by atoms with van der Waals surface area (Å²) in [6.07, 6.45) is 0. The highest BCUT2D eigenvalue weighted by Crippen LogP contribution is 2.43. The summed E-state index contributed by atoms with van der Waals surface area (Å²) in [6.45, 7) is 9.73. The Morgan fingerprint density at radius 2 is 1.76 bits per heavy atom. The number of furan rings is 1. The smallest absolute Gasteiger partial charge is 0.300 e. The minimum atomic E-state index is -1.03. The number of amides is 1. The van der Waals surface area contributed by atoms with Crippen LogP contribution in [0, 0.1) is 19.7 Å². The van der Waals surface area contributed by atoms with Gasteiger partial charge in [0.2, 0.25) is 0 Å². The lowest BCUT2D eigenvalue weighted by atomic mass is 9.84. The van der Waals surface area contributed by atoms with E-state index in [1.54, 1.807) is 25.1 Å². The maximum absolute atomic E-state index is 14.0. The van der Waals surface area contributed by atoms with Gasteiger partial charge in [0.15, 0.2) is 0 Å². The molecule has 1 aliphatic heterocycles. The molecule has 1 unspecified atom stereocenters. The number of carbonyl (C=O) groups excluding carboxylic acids is 2. The molecule has 1 atom stereocenters. The van der Waals surface area contributed by atoms with Gasteiger partial charge in [-0.25, -0.2) is 4.39 Å². The maximum Gasteiger partial charge on any atom is 0.300 e. The first-order valence-electron chi connectivity index (χ1n) is 10.7. The van der Waals surface area contributed by atoms with Gasteiger partial charge < -0.3 is 9.52 Å². The number of carbonyl (C=O) groups is 2. The van der Waals surface area contributed by atoms with E-state index in [4.69, 9.17) is 4.42 Å². The summed E-state index contributed by atoms with van der Waals surface area (Å²) < 4.78 is 19.8. The fourth-order valence-electron chi connectivity index (χ4n) is 4.08. The number of aliphatic hydroxyl groups is 1. The molecule has 1 aliphatic rings. The number of anilines is 1. The summed E-state index contributed by atoms with van der Waals surface area (Å²) in [7, 11) is 0. The average Bonchev–Trinajstić information content (AvgIpc) is 3.28. The number of hydrogen-bond acceptors (Lipinski definition) is 4. The van der Waals surface area contributed by atoms with E-state index in [1.807, 2.05) is 25.1 Å². The van der Waals surface area contributed by atoms with Crippen molar-refractivity contribution in [1.82, 2.24) is 0 Å². The number of Topliss-reactive ketones (excluding diaryl/α,β-unsaturated/α-hetero) is 1. The molecular weight excluding hydrogens is 421 g/mol. The first-order valence-corrected chi connectivity index (χ1v) is 10.7. The van der Waals surface area contributed by atoms with E-state index in [0.29, 0.717) is 17.1 Å². The second kappa shape index (κ2) is 8.03. The highest BCUT2D eigenvalue weighted by molar-refractivity contribution is 6.51. The lowest BCUT2D eigenvalue weighted by Crippen LogP contribution is -2.29. The van der Waals surface area contributed by atoms with Crippen LogP contribution in [0.1, 0.15) is 55.0 Å². The molecule has 5 nitrogen and oxygen atoms in total. The average molecular weight is 448 g/mol. The van der Waals surface area contributed by atoms with E-state index in [1.165, 1.54) is 23.1 Å². The van der Waals surface area contributed by atoms with Gasteiger partial charge in [0.05, 0.1) is 5.57 Å². The predicted molar refractivity (Wildman–Crippen MR) is 125 cm³/mol. The van der Waals surface area contributed by atoms with Gasteiger partial charge >= 0.3 is 0 Å². The summed E-state index contributed by atoms with van der Waals surface area (Å²) in [6, 6.07) is 13.5. The Hall–Kier alpha value is -3.67. The number of rotatable bonds is 3. The number of aliphatic hydroxyl groups excluding tert-OH is 1. The maximum atomic E-state index is 14.0. The van der Waals surface area contributed by atoms with Crippen molar-refractivity contribution >= 4 is 23.1 Å². The Labute approximate surface area is 192 Å². The zero-order valence-electron chi connectivity index (χ0n) is 19.3. The number of benzene rings is 2. The van der Waals surface area contributed by atoms with Crippen LogP contribution in [0.25, 0.3) is 5.76 Å². The van der Waals surface area contributed by atoms with Crippen molar-refractivity contribution in [3.05, 3.63) is 94.2 Å². The van der Waals surface area contributed by atoms with E-state index in [2.05, 4.69) is 20.8 Å². The van der Waals surface area contributed by atoms with Gasteiger partial charge in [-0.1, -0.05) is 39.0 Å². The Kier molecular flexibility index (Phi) is 5.48. The quantitative estimate of drug-likeness (QED) is 0.306. The van der Waals surface area contributed by atoms with Crippen LogP contribution in [0.4, 0.5) is 10.1 Å². The number of hydrogen-bond donors (Lipinski definition) is 1. The highest BCUT2D eigenvalue weighted by Gasteiger charge is 2.48. The van der Waals surface area contributed by atoms with Crippen LogP contribution in [0.15, 0.2) is 64.6 Å². The summed E-state index contributed by atoms with van der Waals surface area (Å²) in [5.41, 5.74) is 2.12. The minimum absolute atomic E-state index is 0.0900. The largest absolute Gasteiger partial charge is 0.507 e. The molecule has 4 rings (SSSR count). The van der Waals surface area contributed by atoms with Crippen molar-refractivity contribution in [3.8, 4) is 0 Å². The molecule has 0 spiro atoms. The van der Waals surface area contributed by atoms with Crippen LogP contribution in [0.2, 0.25) is 0 Å². The van der Waals surface area contributed by atoms with Gasteiger partial charge in [-0.2, -0.15) is 0 Å².